The minimum Gasteiger partial charge on any atom is -0.468 e. The van der Waals surface area contributed by atoms with Crippen LogP contribution in [0.4, 0.5) is 13.2 Å². The summed E-state index contributed by atoms with van der Waals surface area (Å²) >= 11 is 0. The molecule has 0 spiro atoms. The van der Waals surface area contributed by atoms with Gasteiger partial charge in [0.05, 0.1) is 36.0 Å². The lowest BCUT2D eigenvalue weighted by molar-refractivity contribution is -0.137. The minimum absolute atomic E-state index is 0.0247. The third kappa shape index (κ3) is 4.89. The summed E-state index contributed by atoms with van der Waals surface area (Å²) in [5.74, 6) is 0.604. The molecule has 1 N–H and O–H groups in total. The van der Waals surface area contributed by atoms with Crippen LogP contribution in [-0.2, 0) is 20.9 Å². The predicted octanol–water partition coefficient (Wildman–Crippen LogP) is 2.65. The van der Waals surface area contributed by atoms with Crippen LogP contribution in [0.1, 0.15) is 17.4 Å². The molecule has 0 radical (unpaired) electrons. The Bertz CT molecular complexity index is 830. The van der Waals surface area contributed by atoms with Gasteiger partial charge < -0.3 is 9.15 Å². The number of morpholine rings is 1. The zero-order chi connectivity index (χ0) is 19.5. The molecular formula is C17H19F3N2O4S. The number of sulfonamides is 1. The van der Waals surface area contributed by atoms with Crippen LogP contribution in [-0.4, -0.2) is 46.2 Å². The molecule has 1 aliphatic rings. The van der Waals surface area contributed by atoms with E-state index in [-0.39, 0.29) is 17.5 Å². The van der Waals surface area contributed by atoms with Crippen molar-refractivity contribution >= 4 is 10.0 Å². The fourth-order valence-electron chi connectivity index (χ4n) is 2.87. The number of rotatable bonds is 6. The first-order chi connectivity index (χ1) is 12.8. The molecule has 1 aliphatic heterocycles. The summed E-state index contributed by atoms with van der Waals surface area (Å²) < 4.78 is 76.1. The lowest BCUT2D eigenvalue weighted by atomic mass is 10.2. The van der Waals surface area contributed by atoms with Gasteiger partial charge in [0.15, 0.2) is 0 Å². The van der Waals surface area contributed by atoms with Crippen molar-refractivity contribution in [2.45, 2.75) is 17.1 Å². The number of halogens is 3. The first-order valence-electron chi connectivity index (χ1n) is 8.29. The van der Waals surface area contributed by atoms with Gasteiger partial charge in [-0.3, -0.25) is 4.90 Å². The number of nitrogens with one attached hydrogen (secondary N) is 1. The summed E-state index contributed by atoms with van der Waals surface area (Å²) in [5, 5.41) is 0. The molecule has 10 heteroatoms. The highest BCUT2D eigenvalue weighted by atomic mass is 32.2. The number of alkyl halides is 3. The zero-order valence-corrected chi connectivity index (χ0v) is 15.1. The summed E-state index contributed by atoms with van der Waals surface area (Å²) in [4.78, 5) is 1.81. The highest BCUT2D eigenvalue weighted by molar-refractivity contribution is 7.89. The second-order valence-corrected chi connectivity index (χ2v) is 7.82. The largest absolute Gasteiger partial charge is 0.468 e. The zero-order valence-electron chi connectivity index (χ0n) is 14.3. The van der Waals surface area contributed by atoms with E-state index in [1.165, 1.54) is 6.26 Å². The lowest BCUT2D eigenvalue weighted by Gasteiger charge is -2.33. The number of furan rings is 1. The monoisotopic (exact) mass is 404 g/mol. The highest BCUT2D eigenvalue weighted by Gasteiger charge is 2.31. The van der Waals surface area contributed by atoms with Gasteiger partial charge in [-0.25, -0.2) is 13.1 Å². The SMILES string of the molecule is O=S(=O)(NCC(c1ccco1)N1CCOCC1)c1ccc(C(F)(F)F)cc1. The van der Waals surface area contributed by atoms with Crippen LogP contribution < -0.4 is 4.72 Å². The first kappa shape index (κ1) is 19.9. The fraction of sp³-hybridized carbons (Fsp3) is 0.412. The third-order valence-corrected chi connectivity index (χ3v) is 5.76. The summed E-state index contributed by atoms with van der Waals surface area (Å²) in [6.45, 7) is 2.32. The van der Waals surface area contributed by atoms with Crippen LogP contribution in [0.25, 0.3) is 0 Å². The van der Waals surface area contributed by atoms with E-state index in [1.54, 1.807) is 12.1 Å². The molecule has 2 aromatic rings. The molecule has 0 amide bonds. The Morgan fingerprint density at radius 1 is 1.11 bits per heavy atom. The maximum atomic E-state index is 12.6. The molecule has 6 nitrogen and oxygen atoms in total. The molecule has 1 aromatic carbocycles. The second-order valence-electron chi connectivity index (χ2n) is 6.05. The highest BCUT2D eigenvalue weighted by Crippen LogP contribution is 2.30. The van der Waals surface area contributed by atoms with E-state index < -0.39 is 21.8 Å². The molecule has 27 heavy (non-hydrogen) atoms. The molecule has 2 heterocycles. The van der Waals surface area contributed by atoms with Gasteiger partial charge in [-0.1, -0.05) is 0 Å². The van der Waals surface area contributed by atoms with Gasteiger partial charge in [0, 0.05) is 19.6 Å². The van der Waals surface area contributed by atoms with Gasteiger partial charge in [0.2, 0.25) is 10.0 Å². The van der Waals surface area contributed by atoms with Gasteiger partial charge in [-0.15, -0.1) is 0 Å². The van der Waals surface area contributed by atoms with Crippen molar-refractivity contribution in [2.75, 3.05) is 32.8 Å². The molecule has 0 aliphatic carbocycles. The molecule has 1 aromatic heterocycles. The van der Waals surface area contributed by atoms with Crippen molar-refractivity contribution in [2.24, 2.45) is 0 Å². The van der Waals surface area contributed by atoms with Crippen LogP contribution >= 0.6 is 0 Å². The molecule has 3 rings (SSSR count). The van der Waals surface area contributed by atoms with Crippen molar-refractivity contribution in [3.63, 3.8) is 0 Å². The van der Waals surface area contributed by atoms with Gasteiger partial charge in [0.1, 0.15) is 5.76 Å². The van der Waals surface area contributed by atoms with Crippen molar-refractivity contribution in [3.05, 3.63) is 54.0 Å². The predicted molar refractivity (Wildman–Crippen MR) is 90.5 cm³/mol. The Hall–Kier alpha value is -1.88. The van der Waals surface area contributed by atoms with E-state index in [4.69, 9.17) is 9.15 Å². The van der Waals surface area contributed by atoms with Gasteiger partial charge >= 0.3 is 6.18 Å². The molecule has 0 bridgehead atoms. The Morgan fingerprint density at radius 2 is 1.78 bits per heavy atom. The van der Waals surface area contributed by atoms with Crippen molar-refractivity contribution < 1.29 is 30.7 Å². The maximum Gasteiger partial charge on any atom is 0.416 e. The molecule has 1 unspecified atom stereocenters. The standard InChI is InChI=1S/C17H19F3N2O4S/c18-17(19,20)13-3-5-14(6-4-13)27(23,24)21-12-15(16-2-1-9-26-16)22-7-10-25-11-8-22/h1-6,9,15,21H,7-8,10-12H2. The quantitative estimate of drug-likeness (QED) is 0.802. The lowest BCUT2D eigenvalue weighted by Crippen LogP contribution is -2.43. The maximum absolute atomic E-state index is 12.6. The Kier molecular flexibility index (Phi) is 5.89. The fourth-order valence-corrected chi connectivity index (χ4v) is 3.91. The van der Waals surface area contributed by atoms with Gasteiger partial charge in [-0.2, -0.15) is 13.2 Å². The topological polar surface area (TPSA) is 71.8 Å². The Morgan fingerprint density at radius 3 is 2.33 bits per heavy atom. The van der Waals surface area contributed by atoms with Gasteiger partial charge in [-0.05, 0) is 36.4 Å². The summed E-state index contributed by atoms with van der Waals surface area (Å²) in [7, 11) is -3.96. The average molecular weight is 404 g/mol. The van der Waals surface area contributed by atoms with Gasteiger partial charge in [0.25, 0.3) is 0 Å². The van der Waals surface area contributed by atoms with E-state index in [0.717, 1.165) is 24.3 Å². The average Bonchev–Trinajstić information content (AvgIpc) is 3.16. The van der Waals surface area contributed by atoms with Crippen LogP contribution in [0.2, 0.25) is 0 Å². The molecular weight excluding hydrogens is 385 g/mol. The van der Waals surface area contributed by atoms with E-state index in [1.807, 2.05) is 4.90 Å². The van der Waals surface area contributed by atoms with Crippen molar-refractivity contribution in [3.8, 4) is 0 Å². The Labute approximate surface area is 155 Å². The summed E-state index contributed by atoms with van der Waals surface area (Å²) in [6, 6.07) is 6.53. The van der Waals surface area contributed by atoms with Crippen LogP contribution in [0.15, 0.2) is 52.0 Å². The number of benzene rings is 1. The number of ether oxygens (including phenoxy) is 1. The molecule has 1 atom stereocenters. The minimum atomic E-state index is -4.52. The Balaban J connectivity index is 1.73. The van der Waals surface area contributed by atoms with Crippen molar-refractivity contribution in [1.82, 2.24) is 9.62 Å². The summed E-state index contributed by atoms with van der Waals surface area (Å²) in [6.07, 6.45) is -3.01. The van der Waals surface area contributed by atoms with E-state index in [9.17, 15) is 21.6 Å². The first-order valence-corrected chi connectivity index (χ1v) is 9.78. The number of nitrogens with zero attached hydrogens (tertiary/aromatic N) is 1. The number of hydrogen-bond donors (Lipinski definition) is 1. The van der Waals surface area contributed by atoms with Crippen LogP contribution in [0, 0.1) is 0 Å². The normalized spacial score (nSPS) is 17.7. The molecule has 0 saturated carbocycles. The molecule has 148 valence electrons. The smallest absolute Gasteiger partial charge is 0.416 e. The van der Waals surface area contributed by atoms with Crippen LogP contribution in [0.5, 0.6) is 0 Å². The van der Waals surface area contributed by atoms with Crippen LogP contribution in [0.3, 0.4) is 0 Å². The van der Waals surface area contributed by atoms with E-state index >= 15 is 0 Å². The molecule has 1 saturated heterocycles. The van der Waals surface area contributed by atoms with E-state index in [2.05, 4.69) is 4.72 Å². The van der Waals surface area contributed by atoms with E-state index in [0.29, 0.717) is 32.1 Å². The third-order valence-electron chi connectivity index (χ3n) is 4.32. The number of hydrogen-bond acceptors (Lipinski definition) is 5. The summed E-state index contributed by atoms with van der Waals surface area (Å²) in [5.41, 5.74) is -0.900. The second kappa shape index (κ2) is 8.01. The van der Waals surface area contributed by atoms with Crippen molar-refractivity contribution in [1.29, 1.82) is 0 Å². The molecule has 1 fully saturated rings.